The summed E-state index contributed by atoms with van der Waals surface area (Å²) in [6.45, 7) is 1.99. The van der Waals surface area contributed by atoms with Crippen LogP contribution in [-0.2, 0) is 0 Å². The van der Waals surface area contributed by atoms with Crippen LogP contribution in [0.5, 0.6) is 0 Å². The zero-order valence-electron chi connectivity index (χ0n) is 9.77. The van der Waals surface area contributed by atoms with Crippen molar-refractivity contribution in [1.29, 1.82) is 0 Å². The molecule has 17 heavy (non-hydrogen) atoms. The molecule has 0 bridgehead atoms. The number of nitrogens with one attached hydrogen (secondary N) is 2. The molecule has 1 fully saturated rings. The summed E-state index contributed by atoms with van der Waals surface area (Å²) in [6, 6.07) is 3.63. The summed E-state index contributed by atoms with van der Waals surface area (Å²) < 4.78 is 0. The third-order valence-corrected chi connectivity index (χ3v) is 3.94. The fourth-order valence-electron chi connectivity index (χ4n) is 2.87. The fraction of sp³-hybridized carbons (Fsp3) is 0.462. The predicted octanol–water partition coefficient (Wildman–Crippen LogP) is 3.07. The molecule has 1 aliphatic carbocycles. The van der Waals surface area contributed by atoms with Crippen LogP contribution in [0.15, 0.2) is 12.1 Å². The molecule has 0 radical (unpaired) electrons. The highest BCUT2D eigenvalue weighted by Crippen LogP contribution is 2.37. The van der Waals surface area contributed by atoms with Crippen LogP contribution >= 0.6 is 11.6 Å². The van der Waals surface area contributed by atoms with Gasteiger partial charge in [0.25, 0.3) is 5.91 Å². The molecule has 4 heteroatoms. The van der Waals surface area contributed by atoms with Gasteiger partial charge < -0.3 is 10.6 Å². The molecular formula is C13H15ClN2O. The van der Waals surface area contributed by atoms with Crippen molar-refractivity contribution >= 4 is 23.2 Å². The first-order valence-corrected chi connectivity index (χ1v) is 6.38. The standard InChI is InChI=1S/C13H15ClN2O/c1-8-6-9(14)7-10-11(8)15-13(16-12(10)17)4-2-3-5-13/h6-7,15H,2-5H2,1H3,(H,16,17). The normalized spacial score (nSPS) is 20.9. The number of aryl methyl sites for hydroxylation is 1. The number of fused-ring (bicyclic) bond motifs is 1. The smallest absolute Gasteiger partial charge is 0.255 e. The summed E-state index contributed by atoms with van der Waals surface area (Å²) in [5, 5.41) is 7.21. The van der Waals surface area contributed by atoms with E-state index >= 15 is 0 Å². The van der Waals surface area contributed by atoms with Crippen LogP contribution in [0.25, 0.3) is 0 Å². The van der Waals surface area contributed by atoms with Crippen molar-refractivity contribution in [3.63, 3.8) is 0 Å². The largest absolute Gasteiger partial charge is 0.362 e. The number of anilines is 1. The van der Waals surface area contributed by atoms with E-state index in [4.69, 9.17) is 11.6 Å². The monoisotopic (exact) mass is 250 g/mol. The van der Waals surface area contributed by atoms with Gasteiger partial charge in [-0.25, -0.2) is 0 Å². The molecule has 1 heterocycles. The van der Waals surface area contributed by atoms with Crippen LogP contribution in [0.2, 0.25) is 5.02 Å². The van der Waals surface area contributed by atoms with E-state index in [2.05, 4.69) is 10.6 Å². The molecule has 2 aliphatic rings. The lowest BCUT2D eigenvalue weighted by atomic mass is 9.98. The Morgan fingerprint density at radius 1 is 1.24 bits per heavy atom. The zero-order chi connectivity index (χ0) is 12.0. The Hall–Kier alpha value is -1.22. The van der Waals surface area contributed by atoms with Crippen molar-refractivity contribution in [2.75, 3.05) is 5.32 Å². The van der Waals surface area contributed by atoms with E-state index < -0.39 is 0 Å². The minimum atomic E-state index is -0.220. The van der Waals surface area contributed by atoms with Gasteiger partial charge in [0.2, 0.25) is 0 Å². The van der Waals surface area contributed by atoms with E-state index in [9.17, 15) is 4.79 Å². The van der Waals surface area contributed by atoms with Crippen molar-refractivity contribution in [2.45, 2.75) is 38.3 Å². The maximum atomic E-state index is 12.1. The minimum Gasteiger partial charge on any atom is -0.362 e. The van der Waals surface area contributed by atoms with Crippen molar-refractivity contribution in [2.24, 2.45) is 0 Å². The van der Waals surface area contributed by atoms with Crippen molar-refractivity contribution in [1.82, 2.24) is 5.32 Å². The van der Waals surface area contributed by atoms with Crippen molar-refractivity contribution in [3.8, 4) is 0 Å². The SMILES string of the molecule is Cc1cc(Cl)cc2c1NC1(CCCC1)NC2=O. The lowest BCUT2D eigenvalue weighted by Crippen LogP contribution is -2.55. The molecule has 3 rings (SSSR count). The summed E-state index contributed by atoms with van der Waals surface area (Å²) in [6.07, 6.45) is 4.32. The first-order valence-electron chi connectivity index (χ1n) is 6.00. The molecule has 1 saturated carbocycles. The Morgan fingerprint density at radius 2 is 1.94 bits per heavy atom. The van der Waals surface area contributed by atoms with Gasteiger partial charge in [-0.15, -0.1) is 0 Å². The lowest BCUT2D eigenvalue weighted by Gasteiger charge is -2.38. The number of rotatable bonds is 0. The van der Waals surface area contributed by atoms with Gasteiger partial charge in [-0.2, -0.15) is 0 Å². The molecule has 2 N–H and O–H groups in total. The fourth-order valence-corrected chi connectivity index (χ4v) is 3.14. The van der Waals surface area contributed by atoms with Crippen LogP contribution < -0.4 is 10.6 Å². The number of benzene rings is 1. The molecule has 1 spiro atoms. The molecule has 1 aliphatic heterocycles. The number of carbonyl (C=O) groups is 1. The number of carbonyl (C=O) groups excluding carboxylic acids is 1. The zero-order valence-corrected chi connectivity index (χ0v) is 10.5. The van der Waals surface area contributed by atoms with Crippen LogP contribution in [0.4, 0.5) is 5.69 Å². The predicted molar refractivity (Wildman–Crippen MR) is 68.5 cm³/mol. The first-order chi connectivity index (χ1) is 8.10. The molecule has 1 amide bonds. The second kappa shape index (κ2) is 3.64. The van der Waals surface area contributed by atoms with Gasteiger partial charge >= 0.3 is 0 Å². The van der Waals surface area contributed by atoms with Crippen LogP contribution in [0.3, 0.4) is 0 Å². The molecule has 1 aromatic carbocycles. The third-order valence-electron chi connectivity index (χ3n) is 3.72. The summed E-state index contributed by atoms with van der Waals surface area (Å²) in [7, 11) is 0. The highest BCUT2D eigenvalue weighted by molar-refractivity contribution is 6.31. The van der Waals surface area contributed by atoms with Gasteiger partial charge in [-0.3, -0.25) is 4.79 Å². The maximum Gasteiger partial charge on any atom is 0.255 e. The summed E-state index contributed by atoms with van der Waals surface area (Å²) in [5.74, 6) is -0.00810. The summed E-state index contributed by atoms with van der Waals surface area (Å²) in [5.41, 5.74) is 2.42. The average molecular weight is 251 g/mol. The number of amides is 1. The van der Waals surface area contributed by atoms with E-state index in [0.29, 0.717) is 10.6 Å². The quantitative estimate of drug-likeness (QED) is 0.743. The second-order valence-electron chi connectivity index (χ2n) is 5.01. The number of halogens is 1. The Balaban J connectivity index is 2.09. The molecule has 0 unspecified atom stereocenters. The van der Waals surface area contributed by atoms with Crippen molar-refractivity contribution in [3.05, 3.63) is 28.3 Å². The van der Waals surface area contributed by atoms with E-state index in [0.717, 1.165) is 36.9 Å². The van der Waals surface area contributed by atoms with Crippen LogP contribution in [-0.4, -0.2) is 11.6 Å². The van der Waals surface area contributed by atoms with Crippen LogP contribution in [0, 0.1) is 6.92 Å². The third kappa shape index (κ3) is 1.69. The summed E-state index contributed by atoms with van der Waals surface area (Å²) >= 11 is 5.99. The minimum absolute atomic E-state index is 0.00810. The number of hydrogen-bond donors (Lipinski definition) is 2. The van der Waals surface area contributed by atoms with Gasteiger partial charge in [0.15, 0.2) is 0 Å². The first kappa shape index (κ1) is 10.9. The van der Waals surface area contributed by atoms with Gasteiger partial charge in [0.05, 0.1) is 11.3 Å². The molecule has 1 aromatic rings. The van der Waals surface area contributed by atoms with Gasteiger partial charge in [0.1, 0.15) is 5.66 Å². The second-order valence-corrected chi connectivity index (χ2v) is 5.45. The number of hydrogen-bond acceptors (Lipinski definition) is 2. The van der Waals surface area contributed by atoms with Gasteiger partial charge in [-0.1, -0.05) is 11.6 Å². The Morgan fingerprint density at radius 3 is 2.65 bits per heavy atom. The average Bonchev–Trinajstić information content (AvgIpc) is 2.69. The highest BCUT2D eigenvalue weighted by Gasteiger charge is 2.40. The molecular weight excluding hydrogens is 236 g/mol. The topological polar surface area (TPSA) is 41.1 Å². The molecule has 0 atom stereocenters. The highest BCUT2D eigenvalue weighted by atomic mass is 35.5. The van der Waals surface area contributed by atoms with E-state index in [-0.39, 0.29) is 11.6 Å². The van der Waals surface area contributed by atoms with E-state index in [1.807, 2.05) is 13.0 Å². The van der Waals surface area contributed by atoms with Crippen molar-refractivity contribution < 1.29 is 4.79 Å². The molecule has 3 nitrogen and oxygen atoms in total. The maximum absolute atomic E-state index is 12.1. The van der Waals surface area contributed by atoms with Gasteiger partial charge in [-0.05, 0) is 50.3 Å². The Labute approximate surface area is 106 Å². The summed E-state index contributed by atoms with van der Waals surface area (Å²) in [4.78, 5) is 12.1. The Bertz CT molecular complexity index is 492. The van der Waals surface area contributed by atoms with Crippen LogP contribution in [0.1, 0.15) is 41.6 Å². The van der Waals surface area contributed by atoms with E-state index in [1.165, 1.54) is 0 Å². The Kier molecular flexibility index (Phi) is 2.33. The molecule has 0 saturated heterocycles. The van der Waals surface area contributed by atoms with Gasteiger partial charge in [0, 0.05) is 5.02 Å². The lowest BCUT2D eigenvalue weighted by molar-refractivity contribution is 0.0902. The van der Waals surface area contributed by atoms with E-state index in [1.54, 1.807) is 6.07 Å². The molecule has 90 valence electrons. The molecule has 0 aromatic heterocycles.